The molecule has 0 unspecified atom stereocenters. The third kappa shape index (κ3) is 3.04. The Kier molecular flexibility index (Phi) is 3.31. The van der Waals surface area contributed by atoms with Gasteiger partial charge in [0.1, 0.15) is 5.75 Å². The van der Waals surface area contributed by atoms with Gasteiger partial charge in [0, 0.05) is 0 Å². The molecule has 0 radical (unpaired) electrons. The van der Waals surface area contributed by atoms with Gasteiger partial charge in [-0.15, -0.1) is 0 Å². The average Bonchev–Trinajstić information content (AvgIpc) is 2.06. The molecule has 0 spiro atoms. The number of benzene rings is 1. The normalized spacial score (nSPS) is 13.2. The van der Waals surface area contributed by atoms with E-state index in [1.807, 2.05) is 0 Å². The van der Waals surface area contributed by atoms with Crippen molar-refractivity contribution in [3.63, 3.8) is 0 Å². The molecule has 0 aliphatic heterocycles. The molecule has 96 valence electrons. The summed E-state index contributed by atoms with van der Waals surface area (Å²) >= 11 is 0. The second-order valence-corrected chi connectivity index (χ2v) is 3.56. The van der Waals surface area contributed by atoms with Crippen LogP contribution in [0, 0.1) is 6.92 Å². The van der Waals surface area contributed by atoms with Gasteiger partial charge in [-0.2, -0.15) is 26.3 Å². The van der Waals surface area contributed by atoms with Crippen LogP contribution in [-0.4, -0.2) is 17.5 Å². The van der Waals surface area contributed by atoms with E-state index in [2.05, 4.69) is 0 Å². The molecular weight excluding hydrogens is 250 g/mol. The van der Waals surface area contributed by atoms with Crippen LogP contribution in [0.25, 0.3) is 0 Å². The molecule has 0 aromatic heterocycles. The first-order valence-corrected chi connectivity index (χ1v) is 4.46. The molecule has 0 aliphatic rings. The second-order valence-electron chi connectivity index (χ2n) is 3.56. The largest absolute Gasteiger partial charge is 0.508 e. The Bertz CT molecular complexity index is 392. The van der Waals surface area contributed by atoms with Crippen LogP contribution in [0.4, 0.5) is 26.3 Å². The molecule has 0 atom stereocenters. The van der Waals surface area contributed by atoms with E-state index < -0.39 is 29.6 Å². The molecule has 17 heavy (non-hydrogen) atoms. The Hall–Kier alpha value is -1.40. The first-order chi connectivity index (χ1) is 7.53. The lowest BCUT2D eigenvalue weighted by Gasteiger charge is -2.23. The van der Waals surface area contributed by atoms with E-state index in [1.54, 1.807) is 0 Å². The summed E-state index contributed by atoms with van der Waals surface area (Å²) in [6, 6.07) is 2.21. The van der Waals surface area contributed by atoms with Gasteiger partial charge in [0.25, 0.3) is 0 Å². The van der Waals surface area contributed by atoms with Crippen molar-refractivity contribution in [3.8, 4) is 5.75 Å². The number of hydrogen-bond donors (Lipinski definition) is 1. The van der Waals surface area contributed by atoms with Gasteiger partial charge in [-0.3, -0.25) is 0 Å². The molecule has 0 heterocycles. The lowest BCUT2D eigenvalue weighted by Crippen LogP contribution is -2.34. The Labute approximate surface area is 92.7 Å². The average molecular weight is 258 g/mol. The predicted molar refractivity (Wildman–Crippen MR) is 47.7 cm³/mol. The number of phenolic OH excluding ortho intramolecular Hbond substituents is 1. The third-order valence-electron chi connectivity index (χ3n) is 2.22. The van der Waals surface area contributed by atoms with Crippen LogP contribution < -0.4 is 0 Å². The van der Waals surface area contributed by atoms with Gasteiger partial charge in [0.05, 0.1) is 0 Å². The van der Waals surface area contributed by atoms with E-state index >= 15 is 0 Å². The Morgan fingerprint density at radius 3 is 1.82 bits per heavy atom. The summed E-state index contributed by atoms with van der Waals surface area (Å²) in [5.41, 5.74) is -0.815. The first-order valence-electron chi connectivity index (χ1n) is 4.46. The molecule has 0 saturated heterocycles. The molecule has 1 aromatic rings. The van der Waals surface area contributed by atoms with Crippen molar-refractivity contribution in [2.45, 2.75) is 25.2 Å². The number of aromatic hydroxyl groups is 1. The van der Waals surface area contributed by atoms with Gasteiger partial charge in [0.2, 0.25) is 0 Å². The lowest BCUT2D eigenvalue weighted by atomic mass is 9.96. The molecule has 0 bridgehead atoms. The first kappa shape index (κ1) is 13.7. The van der Waals surface area contributed by atoms with Crippen LogP contribution in [0.15, 0.2) is 18.2 Å². The Balaban J connectivity index is 3.29. The SMILES string of the molecule is Cc1ccc(C(C(F)(F)F)C(F)(F)F)cc1O. The summed E-state index contributed by atoms with van der Waals surface area (Å²) in [7, 11) is 0. The van der Waals surface area contributed by atoms with Crippen LogP contribution >= 0.6 is 0 Å². The zero-order valence-electron chi connectivity index (χ0n) is 8.52. The van der Waals surface area contributed by atoms with Crippen LogP contribution in [0.3, 0.4) is 0 Å². The van der Waals surface area contributed by atoms with Gasteiger partial charge in [-0.25, -0.2) is 0 Å². The van der Waals surface area contributed by atoms with Gasteiger partial charge in [-0.05, 0) is 24.1 Å². The zero-order chi connectivity index (χ0) is 13.4. The standard InChI is InChI=1S/C10H8F6O/c1-5-2-3-6(4-7(5)17)8(9(11,12)13)10(14,15)16/h2-4,8,17H,1H3. The summed E-state index contributed by atoms with van der Waals surface area (Å²) in [5, 5.41) is 9.15. The number of alkyl halides is 6. The maximum atomic E-state index is 12.3. The van der Waals surface area contributed by atoms with Crippen LogP contribution in [-0.2, 0) is 0 Å². The van der Waals surface area contributed by atoms with Crippen molar-refractivity contribution in [2.24, 2.45) is 0 Å². The van der Waals surface area contributed by atoms with E-state index in [9.17, 15) is 26.3 Å². The van der Waals surface area contributed by atoms with Crippen LogP contribution in [0.1, 0.15) is 17.0 Å². The minimum atomic E-state index is -5.44. The van der Waals surface area contributed by atoms with Crippen molar-refractivity contribution in [1.29, 1.82) is 0 Å². The molecule has 0 aliphatic carbocycles. The molecule has 7 heteroatoms. The quantitative estimate of drug-likeness (QED) is 0.757. The number of aryl methyl sites for hydroxylation is 1. The highest BCUT2D eigenvalue weighted by Crippen LogP contribution is 2.46. The summed E-state index contributed by atoms with van der Waals surface area (Å²) in [4.78, 5) is 0. The van der Waals surface area contributed by atoms with E-state index in [1.165, 1.54) is 6.92 Å². The number of rotatable bonds is 1. The number of hydrogen-bond acceptors (Lipinski definition) is 1. The summed E-state index contributed by atoms with van der Waals surface area (Å²) in [5.74, 6) is -4.18. The van der Waals surface area contributed by atoms with Gasteiger partial charge >= 0.3 is 12.4 Å². The fourth-order valence-electron chi connectivity index (χ4n) is 1.37. The zero-order valence-corrected chi connectivity index (χ0v) is 8.52. The van der Waals surface area contributed by atoms with Crippen molar-refractivity contribution >= 4 is 0 Å². The molecule has 1 nitrogen and oxygen atoms in total. The van der Waals surface area contributed by atoms with Crippen LogP contribution in [0.2, 0.25) is 0 Å². The minimum absolute atomic E-state index is 0.205. The lowest BCUT2D eigenvalue weighted by molar-refractivity contribution is -0.253. The van der Waals surface area contributed by atoms with Crippen LogP contribution in [0.5, 0.6) is 5.75 Å². The van der Waals surface area contributed by atoms with Crippen molar-refractivity contribution in [3.05, 3.63) is 29.3 Å². The molecule has 1 aromatic carbocycles. The molecule has 0 amide bonds. The van der Waals surface area contributed by atoms with E-state index in [-0.39, 0.29) is 5.56 Å². The maximum Gasteiger partial charge on any atom is 0.404 e. The van der Waals surface area contributed by atoms with Crippen molar-refractivity contribution < 1.29 is 31.4 Å². The molecule has 1 rings (SSSR count). The highest BCUT2D eigenvalue weighted by atomic mass is 19.4. The van der Waals surface area contributed by atoms with Crippen molar-refractivity contribution in [1.82, 2.24) is 0 Å². The predicted octanol–water partition coefficient (Wildman–Crippen LogP) is 3.91. The summed E-state index contributed by atoms with van der Waals surface area (Å²) < 4.78 is 74.0. The second kappa shape index (κ2) is 4.12. The minimum Gasteiger partial charge on any atom is -0.508 e. The van der Waals surface area contributed by atoms with Crippen molar-refractivity contribution in [2.75, 3.05) is 0 Å². The van der Waals surface area contributed by atoms with E-state index in [0.717, 1.165) is 6.07 Å². The fraction of sp³-hybridized carbons (Fsp3) is 0.400. The summed E-state index contributed by atoms with van der Waals surface area (Å²) in [6.45, 7) is 1.37. The highest BCUT2D eigenvalue weighted by molar-refractivity contribution is 5.37. The Morgan fingerprint density at radius 1 is 1.00 bits per heavy atom. The topological polar surface area (TPSA) is 20.2 Å². The fourth-order valence-corrected chi connectivity index (χ4v) is 1.37. The third-order valence-corrected chi connectivity index (χ3v) is 2.22. The van der Waals surface area contributed by atoms with Gasteiger partial charge in [-0.1, -0.05) is 12.1 Å². The van der Waals surface area contributed by atoms with Gasteiger partial charge in [0.15, 0.2) is 5.92 Å². The molecule has 1 N–H and O–H groups in total. The highest BCUT2D eigenvalue weighted by Gasteiger charge is 2.57. The monoisotopic (exact) mass is 258 g/mol. The molecular formula is C10H8F6O. The molecule has 0 saturated carbocycles. The summed E-state index contributed by atoms with van der Waals surface area (Å²) in [6.07, 6.45) is -10.9. The number of phenols is 1. The smallest absolute Gasteiger partial charge is 0.404 e. The van der Waals surface area contributed by atoms with E-state index in [4.69, 9.17) is 5.11 Å². The molecule has 0 fully saturated rings. The van der Waals surface area contributed by atoms with Gasteiger partial charge < -0.3 is 5.11 Å². The van der Waals surface area contributed by atoms with E-state index in [0.29, 0.717) is 12.1 Å². The number of halogens is 6. The Morgan fingerprint density at radius 2 is 1.47 bits per heavy atom. The maximum absolute atomic E-state index is 12.3.